The molecule has 6 nitrogen and oxygen atoms in total. The number of urea groups is 1. The molecule has 0 radical (unpaired) electrons. The molecule has 3 amide bonds. The van der Waals surface area contributed by atoms with Crippen LogP contribution in [0.5, 0.6) is 0 Å². The first-order valence-electron chi connectivity index (χ1n) is 11.4. The number of anilines is 3. The zero-order valence-corrected chi connectivity index (χ0v) is 18.3. The van der Waals surface area contributed by atoms with Gasteiger partial charge in [-0.25, -0.2) is 4.79 Å². The Morgan fingerprint density at radius 1 is 0.742 bits per heavy atom. The van der Waals surface area contributed by atoms with Gasteiger partial charge in [-0.3, -0.25) is 4.79 Å². The number of carbonyl (C=O) groups is 2. The molecule has 0 unspecified atom stereocenters. The van der Waals surface area contributed by atoms with Crippen LogP contribution in [-0.4, -0.2) is 43.0 Å². The van der Waals surface area contributed by atoms with E-state index in [9.17, 15) is 9.59 Å². The van der Waals surface area contributed by atoms with Crippen molar-refractivity contribution in [1.29, 1.82) is 0 Å². The zero-order valence-electron chi connectivity index (χ0n) is 18.3. The highest BCUT2D eigenvalue weighted by Gasteiger charge is 2.20. The van der Waals surface area contributed by atoms with Crippen molar-refractivity contribution in [3.8, 4) is 0 Å². The summed E-state index contributed by atoms with van der Waals surface area (Å²) in [6, 6.07) is 13.4. The monoisotopic (exact) mass is 420 g/mol. The van der Waals surface area contributed by atoms with Crippen LogP contribution in [0.4, 0.5) is 21.9 Å². The number of nitrogens with zero attached hydrogens (tertiary/aromatic N) is 2. The minimum absolute atomic E-state index is 0.0475. The second kappa shape index (κ2) is 9.86. The van der Waals surface area contributed by atoms with Gasteiger partial charge >= 0.3 is 6.03 Å². The van der Waals surface area contributed by atoms with Crippen LogP contribution in [0.25, 0.3) is 0 Å². The van der Waals surface area contributed by atoms with Crippen molar-refractivity contribution in [2.45, 2.75) is 45.4 Å². The summed E-state index contributed by atoms with van der Waals surface area (Å²) in [5, 5.41) is 5.99. The van der Waals surface area contributed by atoms with Crippen molar-refractivity contribution < 1.29 is 9.59 Å². The van der Waals surface area contributed by atoms with Gasteiger partial charge < -0.3 is 20.4 Å². The minimum atomic E-state index is -0.105. The molecule has 2 N–H and O–H groups in total. The first-order valence-corrected chi connectivity index (χ1v) is 11.4. The Morgan fingerprint density at radius 2 is 1.32 bits per heavy atom. The maximum atomic E-state index is 13.0. The fraction of sp³-hybridized carbons (Fsp3) is 0.440. The number of aryl methyl sites for hydroxylation is 1. The summed E-state index contributed by atoms with van der Waals surface area (Å²) in [7, 11) is 0. The Kier molecular flexibility index (Phi) is 6.75. The predicted molar refractivity (Wildman–Crippen MR) is 126 cm³/mol. The maximum absolute atomic E-state index is 13.0. The van der Waals surface area contributed by atoms with Gasteiger partial charge in [-0.15, -0.1) is 0 Å². The van der Waals surface area contributed by atoms with E-state index in [0.717, 1.165) is 56.0 Å². The molecule has 0 spiro atoms. The number of hydrogen-bond donors (Lipinski definition) is 2. The lowest BCUT2D eigenvalue weighted by Gasteiger charge is -2.22. The number of carbonyl (C=O) groups excluding carboxylic acids is 2. The molecule has 2 heterocycles. The minimum Gasteiger partial charge on any atom is -0.371 e. The summed E-state index contributed by atoms with van der Waals surface area (Å²) in [5.74, 6) is -0.105. The first-order chi connectivity index (χ1) is 15.1. The van der Waals surface area contributed by atoms with Crippen LogP contribution in [0.2, 0.25) is 0 Å². The highest BCUT2D eigenvalue weighted by molar-refractivity contribution is 6.08. The molecule has 2 aromatic rings. The van der Waals surface area contributed by atoms with Crippen LogP contribution in [0.1, 0.15) is 54.4 Å². The number of hydrogen-bond acceptors (Lipinski definition) is 3. The predicted octanol–water partition coefficient (Wildman–Crippen LogP) is 5.26. The molecule has 31 heavy (non-hydrogen) atoms. The Balaban J connectivity index is 1.40. The van der Waals surface area contributed by atoms with Crippen LogP contribution in [-0.2, 0) is 0 Å². The van der Waals surface area contributed by atoms with Crippen molar-refractivity contribution in [2.75, 3.05) is 41.7 Å². The molecule has 6 heteroatoms. The van der Waals surface area contributed by atoms with Crippen molar-refractivity contribution in [2.24, 2.45) is 0 Å². The first kappa shape index (κ1) is 21.2. The summed E-state index contributed by atoms with van der Waals surface area (Å²) in [6.45, 7) is 5.63. The molecular formula is C25H32N4O2. The third-order valence-electron chi connectivity index (χ3n) is 6.13. The van der Waals surface area contributed by atoms with Crippen LogP contribution in [0, 0.1) is 6.92 Å². The van der Waals surface area contributed by atoms with E-state index < -0.39 is 0 Å². The zero-order chi connectivity index (χ0) is 21.6. The van der Waals surface area contributed by atoms with E-state index in [1.54, 1.807) is 0 Å². The van der Waals surface area contributed by atoms with Gasteiger partial charge in [0.2, 0.25) is 0 Å². The second-order valence-corrected chi connectivity index (χ2v) is 8.58. The SMILES string of the molecule is Cc1ccc(N2CCCC2)c(C(=O)Nc2ccc(NC(=O)N3CCCCCC3)cc2)c1. The van der Waals surface area contributed by atoms with E-state index in [2.05, 4.69) is 27.7 Å². The van der Waals surface area contributed by atoms with Crippen LogP contribution >= 0.6 is 0 Å². The van der Waals surface area contributed by atoms with Gasteiger partial charge in [0, 0.05) is 43.2 Å². The fourth-order valence-corrected chi connectivity index (χ4v) is 4.38. The number of nitrogens with one attached hydrogen (secondary N) is 2. The molecule has 2 aromatic carbocycles. The van der Waals surface area contributed by atoms with Gasteiger partial charge in [-0.2, -0.15) is 0 Å². The van der Waals surface area contributed by atoms with Gasteiger partial charge in [0.05, 0.1) is 5.56 Å². The van der Waals surface area contributed by atoms with Crippen molar-refractivity contribution >= 4 is 29.0 Å². The maximum Gasteiger partial charge on any atom is 0.321 e. The molecule has 2 saturated heterocycles. The van der Waals surface area contributed by atoms with Gasteiger partial charge in [-0.1, -0.05) is 24.5 Å². The molecule has 2 aliphatic rings. The number of rotatable bonds is 4. The summed E-state index contributed by atoms with van der Waals surface area (Å²) < 4.78 is 0. The fourth-order valence-electron chi connectivity index (χ4n) is 4.38. The van der Waals surface area contributed by atoms with E-state index in [-0.39, 0.29) is 11.9 Å². The van der Waals surface area contributed by atoms with Gasteiger partial charge in [0.15, 0.2) is 0 Å². The van der Waals surface area contributed by atoms with Crippen LogP contribution in [0.15, 0.2) is 42.5 Å². The van der Waals surface area contributed by atoms with Crippen molar-refractivity contribution in [1.82, 2.24) is 4.90 Å². The lowest BCUT2D eigenvalue weighted by Crippen LogP contribution is -2.35. The molecule has 4 rings (SSSR count). The van der Waals surface area contributed by atoms with Crippen LogP contribution in [0.3, 0.4) is 0 Å². The Labute approximate surface area is 184 Å². The molecule has 0 saturated carbocycles. The van der Waals surface area contributed by atoms with Crippen LogP contribution < -0.4 is 15.5 Å². The molecule has 0 atom stereocenters. The summed E-state index contributed by atoms with van der Waals surface area (Å²) >= 11 is 0. The summed E-state index contributed by atoms with van der Waals surface area (Å²) in [5.41, 5.74) is 4.23. The Morgan fingerprint density at radius 3 is 1.97 bits per heavy atom. The topological polar surface area (TPSA) is 64.7 Å². The standard InChI is InChI=1S/C25H32N4O2/c1-19-8-13-23(28-14-6-7-15-28)22(18-19)24(30)26-20-9-11-21(12-10-20)27-25(31)29-16-4-2-3-5-17-29/h8-13,18H,2-7,14-17H2,1H3,(H,26,30)(H,27,31). The number of benzene rings is 2. The Bertz CT molecular complexity index is 912. The molecule has 0 aromatic heterocycles. The molecule has 2 aliphatic heterocycles. The van der Waals surface area contributed by atoms with Crippen molar-refractivity contribution in [3.05, 3.63) is 53.6 Å². The van der Waals surface area contributed by atoms with Gasteiger partial charge in [0.25, 0.3) is 5.91 Å². The highest BCUT2D eigenvalue weighted by Crippen LogP contribution is 2.27. The lowest BCUT2D eigenvalue weighted by atomic mass is 10.1. The summed E-state index contributed by atoms with van der Waals surface area (Å²) in [6.07, 6.45) is 6.85. The average molecular weight is 421 g/mol. The quantitative estimate of drug-likeness (QED) is 0.709. The van der Waals surface area contributed by atoms with E-state index in [0.29, 0.717) is 11.3 Å². The average Bonchev–Trinajstić information content (AvgIpc) is 3.16. The molecule has 2 fully saturated rings. The summed E-state index contributed by atoms with van der Waals surface area (Å²) in [4.78, 5) is 29.7. The third-order valence-corrected chi connectivity index (χ3v) is 6.13. The van der Waals surface area contributed by atoms with Gasteiger partial charge in [-0.05, 0) is 69.0 Å². The molecule has 0 aliphatic carbocycles. The molecule has 164 valence electrons. The van der Waals surface area contributed by atoms with E-state index in [1.807, 2.05) is 42.2 Å². The third kappa shape index (κ3) is 5.37. The van der Waals surface area contributed by atoms with E-state index >= 15 is 0 Å². The Hall–Kier alpha value is -3.02. The molecule has 0 bridgehead atoms. The number of amides is 3. The van der Waals surface area contributed by atoms with Crippen molar-refractivity contribution in [3.63, 3.8) is 0 Å². The highest BCUT2D eigenvalue weighted by atomic mass is 16.2. The molecular weight excluding hydrogens is 388 g/mol. The second-order valence-electron chi connectivity index (χ2n) is 8.58. The van der Waals surface area contributed by atoms with E-state index in [1.165, 1.54) is 25.7 Å². The van der Waals surface area contributed by atoms with E-state index in [4.69, 9.17) is 0 Å². The van der Waals surface area contributed by atoms with Gasteiger partial charge in [0.1, 0.15) is 0 Å². The smallest absolute Gasteiger partial charge is 0.321 e. The lowest BCUT2D eigenvalue weighted by molar-refractivity contribution is 0.102. The largest absolute Gasteiger partial charge is 0.371 e. The number of likely N-dealkylation sites (tertiary alicyclic amines) is 1. The normalized spacial score (nSPS) is 16.7.